The Morgan fingerprint density at radius 1 is 0.960 bits per heavy atom. The number of carbonyl (C=O) groups excluding carboxylic acids is 1. The molecule has 0 bridgehead atoms. The Morgan fingerprint density at radius 3 is 2.28 bits per heavy atom. The van der Waals surface area contributed by atoms with Gasteiger partial charge in [-0.2, -0.15) is 13.2 Å². The number of benzene rings is 2. The van der Waals surface area contributed by atoms with Crippen LogP contribution in [-0.2, 0) is 17.4 Å². The summed E-state index contributed by atoms with van der Waals surface area (Å²) in [6.45, 7) is 0. The van der Waals surface area contributed by atoms with Crippen molar-refractivity contribution in [1.82, 2.24) is 0 Å². The zero-order valence-corrected chi connectivity index (χ0v) is 13.7. The molecule has 0 radical (unpaired) electrons. The number of carbonyl (C=O) groups is 1. The fourth-order valence-electron chi connectivity index (χ4n) is 2.25. The van der Waals surface area contributed by atoms with Gasteiger partial charge in [-0.05, 0) is 36.2 Å². The number of ether oxygens (including phenoxy) is 3. The number of alkyl halides is 3. The molecule has 0 atom stereocenters. The molecule has 7 heteroatoms. The van der Waals surface area contributed by atoms with Gasteiger partial charge in [-0.1, -0.05) is 18.2 Å². The molecular weight excluding hydrogens is 337 g/mol. The fraction of sp³-hybridized carbons (Fsp3) is 0.278. The standard InChI is InChI=1S/C18H17F3O4/c1-23-15-9-7-12(11-16(15)24-2)8-10-17(22)25-14-6-4-3-5-13(14)18(19,20)21/h3-7,9,11H,8,10H2,1-2H3. The summed E-state index contributed by atoms with van der Waals surface area (Å²) in [6.07, 6.45) is -4.35. The Bertz CT molecular complexity index is 741. The van der Waals surface area contributed by atoms with Gasteiger partial charge >= 0.3 is 12.1 Å². The van der Waals surface area contributed by atoms with Crippen molar-refractivity contribution >= 4 is 5.97 Å². The molecule has 0 unspecified atom stereocenters. The van der Waals surface area contributed by atoms with Gasteiger partial charge in [0.25, 0.3) is 0 Å². The quantitative estimate of drug-likeness (QED) is 0.574. The lowest BCUT2D eigenvalue weighted by Crippen LogP contribution is -2.14. The maximum Gasteiger partial charge on any atom is 0.419 e. The van der Waals surface area contributed by atoms with Crippen molar-refractivity contribution in [3.63, 3.8) is 0 Å². The first-order chi connectivity index (χ1) is 11.8. The van der Waals surface area contributed by atoms with E-state index in [4.69, 9.17) is 14.2 Å². The number of esters is 1. The van der Waals surface area contributed by atoms with Crippen molar-refractivity contribution in [2.75, 3.05) is 14.2 Å². The highest BCUT2D eigenvalue weighted by Gasteiger charge is 2.34. The summed E-state index contributed by atoms with van der Waals surface area (Å²) >= 11 is 0. The molecule has 0 aliphatic heterocycles. The van der Waals surface area contributed by atoms with Crippen LogP contribution in [0.2, 0.25) is 0 Å². The van der Waals surface area contributed by atoms with Crippen molar-refractivity contribution in [3.8, 4) is 17.2 Å². The van der Waals surface area contributed by atoms with Crippen LogP contribution in [0, 0.1) is 0 Å². The Labute approximate surface area is 143 Å². The van der Waals surface area contributed by atoms with Crippen molar-refractivity contribution < 1.29 is 32.2 Å². The van der Waals surface area contributed by atoms with Crippen LogP contribution in [0.25, 0.3) is 0 Å². The third-order valence-corrected chi connectivity index (χ3v) is 3.48. The molecule has 4 nitrogen and oxygen atoms in total. The smallest absolute Gasteiger partial charge is 0.419 e. The van der Waals surface area contributed by atoms with Crippen molar-refractivity contribution in [2.45, 2.75) is 19.0 Å². The molecule has 0 saturated heterocycles. The molecule has 0 aliphatic carbocycles. The number of rotatable bonds is 6. The Kier molecular flexibility index (Phi) is 5.90. The minimum absolute atomic E-state index is 0.0678. The molecule has 0 heterocycles. The van der Waals surface area contributed by atoms with Crippen molar-refractivity contribution in [3.05, 3.63) is 53.6 Å². The maximum absolute atomic E-state index is 12.9. The second-order valence-corrected chi connectivity index (χ2v) is 5.16. The Hall–Kier alpha value is -2.70. The number of para-hydroxylation sites is 1. The number of halogens is 3. The van der Waals surface area contributed by atoms with Crippen molar-refractivity contribution in [2.24, 2.45) is 0 Å². The SMILES string of the molecule is COc1ccc(CCC(=O)Oc2ccccc2C(F)(F)F)cc1OC. The molecular formula is C18H17F3O4. The van der Waals surface area contributed by atoms with E-state index < -0.39 is 23.5 Å². The molecule has 0 fully saturated rings. The highest BCUT2D eigenvalue weighted by atomic mass is 19.4. The van der Waals surface area contributed by atoms with Gasteiger partial charge in [0.2, 0.25) is 0 Å². The van der Waals surface area contributed by atoms with Gasteiger partial charge < -0.3 is 14.2 Å². The lowest BCUT2D eigenvalue weighted by molar-refractivity contribution is -0.142. The van der Waals surface area contributed by atoms with Gasteiger partial charge in [-0.15, -0.1) is 0 Å². The molecule has 2 rings (SSSR count). The minimum atomic E-state index is -4.58. The van der Waals surface area contributed by atoms with E-state index in [0.29, 0.717) is 17.9 Å². The van der Waals surface area contributed by atoms with Crippen LogP contribution in [0.5, 0.6) is 17.2 Å². The predicted octanol–water partition coefficient (Wildman–Crippen LogP) is 4.26. The van der Waals surface area contributed by atoms with E-state index in [0.717, 1.165) is 17.7 Å². The van der Waals surface area contributed by atoms with Crippen LogP contribution in [-0.4, -0.2) is 20.2 Å². The topological polar surface area (TPSA) is 44.8 Å². The van der Waals surface area contributed by atoms with Gasteiger partial charge in [-0.25, -0.2) is 0 Å². The average Bonchev–Trinajstić information content (AvgIpc) is 2.59. The number of aryl methyl sites for hydroxylation is 1. The van der Waals surface area contributed by atoms with Crippen LogP contribution in [0.3, 0.4) is 0 Å². The first-order valence-electron chi connectivity index (χ1n) is 7.43. The molecule has 0 spiro atoms. The van der Waals surface area contributed by atoms with Gasteiger partial charge in [-0.3, -0.25) is 4.79 Å². The molecule has 0 N–H and O–H groups in total. The van der Waals surface area contributed by atoms with E-state index in [9.17, 15) is 18.0 Å². The summed E-state index contributed by atoms with van der Waals surface area (Å²) in [4.78, 5) is 11.9. The van der Waals surface area contributed by atoms with Gasteiger partial charge in [0.1, 0.15) is 5.75 Å². The van der Waals surface area contributed by atoms with E-state index in [1.807, 2.05) is 0 Å². The van der Waals surface area contributed by atoms with Gasteiger partial charge in [0, 0.05) is 6.42 Å². The first-order valence-corrected chi connectivity index (χ1v) is 7.43. The highest BCUT2D eigenvalue weighted by Crippen LogP contribution is 2.36. The normalized spacial score (nSPS) is 11.1. The van der Waals surface area contributed by atoms with Crippen LogP contribution in [0.1, 0.15) is 17.5 Å². The van der Waals surface area contributed by atoms with E-state index in [2.05, 4.69) is 0 Å². The highest BCUT2D eigenvalue weighted by molar-refractivity contribution is 5.73. The summed E-state index contributed by atoms with van der Waals surface area (Å²) in [7, 11) is 3.00. The van der Waals surface area contributed by atoms with Crippen LogP contribution >= 0.6 is 0 Å². The lowest BCUT2D eigenvalue weighted by Gasteiger charge is -2.12. The predicted molar refractivity (Wildman–Crippen MR) is 84.9 cm³/mol. The largest absolute Gasteiger partial charge is 0.493 e. The van der Waals surface area contributed by atoms with E-state index in [-0.39, 0.29) is 6.42 Å². The van der Waals surface area contributed by atoms with E-state index >= 15 is 0 Å². The third-order valence-electron chi connectivity index (χ3n) is 3.48. The average molecular weight is 354 g/mol. The molecule has 0 aromatic heterocycles. The molecule has 25 heavy (non-hydrogen) atoms. The van der Waals surface area contributed by atoms with Gasteiger partial charge in [0.15, 0.2) is 11.5 Å². The Morgan fingerprint density at radius 2 is 1.64 bits per heavy atom. The summed E-state index contributed by atoms with van der Waals surface area (Å²) in [6, 6.07) is 9.76. The minimum Gasteiger partial charge on any atom is -0.493 e. The monoisotopic (exact) mass is 354 g/mol. The second kappa shape index (κ2) is 7.92. The van der Waals surface area contributed by atoms with Gasteiger partial charge in [0.05, 0.1) is 19.8 Å². The summed E-state index contributed by atoms with van der Waals surface area (Å²) in [5.74, 6) is -0.178. The van der Waals surface area contributed by atoms with Crippen LogP contribution in [0.4, 0.5) is 13.2 Å². The molecule has 0 aliphatic rings. The zero-order valence-electron chi connectivity index (χ0n) is 13.7. The second-order valence-electron chi connectivity index (χ2n) is 5.16. The van der Waals surface area contributed by atoms with Crippen LogP contribution in [0.15, 0.2) is 42.5 Å². The maximum atomic E-state index is 12.9. The van der Waals surface area contributed by atoms with Crippen molar-refractivity contribution in [1.29, 1.82) is 0 Å². The molecule has 2 aromatic rings. The number of methoxy groups -OCH3 is 2. The first kappa shape index (κ1) is 18.6. The van der Waals surface area contributed by atoms with Crippen LogP contribution < -0.4 is 14.2 Å². The zero-order chi connectivity index (χ0) is 18.4. The molecule has 0 amide bonds. The van der Waals surface area contributed by atoms with E-state index in [1.165, 1.54) is 26.4 Å². The molecule has 2 aromatic carbocycles. The van der Waals surface area contributed by atoms with E-state index in [1.54, 1.807) is 18.2 Å². The number of hydrogen-bond acceptors (Lipinski definition) is 4. The Balaban J connectivity index is 2.03. The lowest BCUT2D eigenvalue weighted by atomic mass is 10.1. The summed E-state index contributed by atoms with van der Waals surface area (Å²) in [5, 5.41) is 0. The molecule has 134 valence electrons. The molecule has 0 saturated carbocycles. The third kappa shape index (κ3) is 4.89. The number of hydrogen-bond donors (Lipinski definition) is 0. The summed E-state index contributed by atoms with van der Waals surface area (Å²) < 4.78 is 53.8. The fourth-order valence-corrected chi connectivity index (χ4v) is 2.25. The summed E-state index contributed by atoms with van der Waals surface area (Å²) in [5.41, 5.74) is -0.201.